The number of hydrogen-bond donors (Lipinski definition) is 2. The Kier molecular flexibility index (Phi) is 7.59. The van der Waals surface area contributed by atoms with Crippen LogP contribution in [0, 0.1) is 25.2 Å². The predicted octanol–water partition coefficient (Wildman–Crippen LogP) is 5.33. The molecule has 2 aromatic carbocycles. The van der Waals surface area contributed by atoms with Crippen LogP contribution in [0.25, 0.3) is 0 Å². The first kappa shape index (κ1) is 21.5. The number of hydrogen-bond acceptors (Lipinski definition) is 4. The van der Waals surface area contributed by atoms with Gasteiger partial charge in [0.2, 0.25) is 0 Å². The Morgan fingerprint density at radius 2 is 1.73 bits per heavy atom. The predicted molar refractivity (Wildman–Crippen MR) is 123 cm³/mol. The van der Waals surface area contributed by atoms with Gasteiger partial charge in [0.05, 0.1) is 17.7 Å². The van der Waals surface area contributed by atoms with E-state index < -0.39 is 0 Å². The molecule has 0 saturated heterocycles. The summed E-state index contributed by atoms with van der Waals surface area (Å²) in [6, 6.07) is 23.2. The fraction of sp³-hybridized carbons (Fsp3) is 0.308. The Morgan fingerprint density at radius 1 is 1.00 bits per heavy atom. The lowest BCUT2D eigenvalue weighted by Crippen LogP contribution is -2.38. The quantitative estimate of drug-likeness (QED) is 0.511. The van der Waals surface area contributed by atoms with Crippen LogP contribution in [-0.4, -0.2) is 17.6 Å². The molecule has 0 unspecified atom stereocenters. The summed E-state index contributed by atoms with van der Waals surface area (Å²) in [4.78, 5) is 4.54. The monoisotopic (exact) mass is 398 g/mol. The zero-order valence-corrected chi connectivity index (χ0v) is 18.0. The van der Waals surface area contributed by atoms with E-state index in [2.05, 4.69) is 72.8 Å². The highest BCUT2D eigenvalue weighted by Gasteiger charge is 2.22. The summed E-state index contributed by atoms with van der Waals surface area (Å²) in [5.41, 5.74) is 5.61. The maximum atomic E-state index is 8.98. The summed E-state index contributed by atoms with van der Waals surface area (Å²) in [6.45, 7) is 7.26. The van der Waals surface area contributed by atoms with Gasteiger partial charge in [0.25, 0.3) is 0 Å². The van der Waals surface area contributed by atoms with Crippen molar-refractivity contribution in [2.75, 3.05) is 11.9 Å². The molecule has 0 radical (unpaired) electrons. The van der Waals surface area contributed by atoms with Crippen molar-refractivity contribution < 1.29 is 0 Å². The molecule has 0 fully saturated rings. The first-order chi connectivity index (χ1) is 14.6. The van der Waals surface area contributed by atoms with Crippen molar-refractivity contribution in [3.05, 3.63) is 94.7 Å². The van der Waals surface area contributed by atoms with Crippen LogP contribution >= 0.6 is 0 Å². The Balaban J connectivity index is 1.75. The molecular weight excluding hydrogens is 368 g/mol. The van der Waals surface area contributed by atoms with Crippen LogP contribution in [0.1, 0.15) is 47.2 Å². The second-order valence-electron chi connectivity index (χ2n) is 7.73. The van der Waals surface area contributed by atoms with E-state index in [9.17, 15) is 0 Å². The summed E-state index contributed by atoms with van der Waals surface area (Å²) in [7, 11) is 0. The van der Waals surface area contributed by atoms with E-state index in [-0.39, 0.29) is 12.1 Å². The molecule has 154 valence electrons. The average Bonchev–Trinajstić information content (AvgIpc) is 2.78. The lowest BCUT2D eigenvalue weighted by molar-refractivity contribution is 0.456. The van der Waals surface area contributed by atoms with Gasteiger partial charge in [-0.15, -0.1) is 0 Å². The number of nitrogens with zero attached hydrogens (tertiary/aromatic N) is 2. The van der Waals surface area contributed by atoms with Crippen molar-refractivity contribution in [2.45, 2.75) is 45.7 Å². The van der Waals surface area contributed by atoms with Crippen molar-refractivity contribution in [3.63, 3.8) is 0 Å². The minimum atomic E-state index is 0.162. The zero-order valence-electron chi connectivity index (χ0n) is 18.0. The number of aromatic nitrogens is 1. The van der Waals surface area contributed by atoms with Gasteiger partial charge < -0.3 is 10.6 Å². The first-order valence-electron chi connectivity index (χ1n) is 10.6. The molecule has 0 bridgehead atoms. The topological polar surface area (TPSA) is 60.7 Å². The van der Waals surface area contributed by atoms with Crippen molar-refractivity contribution in [2.24, 2.45) is 0 Å². The number of pyridine rings is 1. The molecule has 3 rings (SSSR count). The third-order valence-corrected chi connectivity index (χ3v) is 5.47. The van der Waals surface area contributed by atoms with E-state index in [0.717, 1.165) is 30.8 Å². The standard InChI is InChI=1S/C26H30N4/c1-4-24(30-26-20(3)6-5-16-29-26)25(23-13-7-19(2)8-14-23)28-17-15-21-9-11-22(18-27)12-10-21/h5-14,16,24-25,28H,4,15,17H2,1-3H3,(H,29,30)/t24-,25-/m1/s1. The Labute approximate surface area is 180 Å². The number of rotatable bonds is 9. The Morgan fingerprint density at radius 3 is 2.37 bits per heavy atom. The van der Waals surface area contributed by atoms with Crippen LogP contribution in [0.4, 0.5) is 5.82 Å². The van der Waals surface area contributed by atoms with Gasteiger partial charge in [-0.2, -0.15) is 5.26 Å². The van der Waals surface area contributed by atoms with Crippen LogP contribution in [0.2, 0.25) is 0 Å². The van der Waals surface area contributed by atoms with Gasteiger partial charge in [0.15, 0.2) is 0 Å². The lowest BCUT2D eigenvalue weighted by Gasteiger charge is -2.30. The molecule has 4 heteroatoms. The Bertz CT molecular complexity index is 971. The number of nitrogens with one attached hydrogen (secondary N) is 2. The van der Waals surface area contributed by atoms with E-state index in [1.807, 2.05) is 36.5 Å². The Hall–Kier alpha value is -3.16. The number of nitriles is 1. The largest absolute Gasteiger partial charge is 0.365 e. The fourth-order valence-corrected chi connectivity index (χ4v) is 3.62. The molecule has 0 aliphatic carbocycles. The molecule has 1 heterocycles. The first-order valence-corrected chi connectivity index (χ1v) is 10.6. The molecule has 2 atom stereocenters. The second kappa shape index (κ2) is 10.6. The van der Waals surface area contributed by atoms with E-state index in [0.29, 0.717) is 5.56 Å². The van der Waals surface area contributed by atoms with Crippen LogP contribution in [0.15, 0.2) is 66.9 Å². The molecule has 0 amide bonds. The lowest BCUT2D eigenvalue weighted by atomic mass is 9.95. The summed E-state index contributed by atoms with van der Waals surface area (Å²) < 4.78 is 0. The smallest absolute Gasteiger partial charge is 0.129 e. The normalized spacial score (nSPS) is 12.7. The van der Waals surface area contributed by atoms with Gasteiger partial charge in [-0.1, -0.05) is 55.0 Å². The van der Waals surface area contributed by atoms with Gasteiger partial charge >= 0.3 is 0 Å². The minimum Gasteiger partial charge on any atom is -0.365 e. The molecule has 1 aromatic heterocycles. The van der Waals surface area contributed by atoms with Crippen molar-refractivity contribution in [1.29, 1.82) is 5.26 Å². The highest BCUT2D eigenvalue weighted by atomic mass is 15.1. The molecular formula is C26H30N4. The molecule has 4 nitrogen and oxygen atoms in total. The summed E-state index contributed by atoms with van der Waals surface area (Å²) >= 11 is 0. The summed E-state index contributed by atoms with van der Waals surface area (Å²) in [5.74, 6) is 0.940. The van der Waals surface area contributed by atoms with Crippen LogP contribution in [0.5, 0.6) is 0 Å². The summed E-state index contributed by atoms with van der Waals surface area (Å²) in [6.07, 6.45) is 3.72. The van der Waals surface area contributed by atoms with E-state index in [1.54, 1.807) is 0 Å². The molecule has 0 aliphatic heterocycles. The van der Waals surface area contributed by atoms with Gasteiger partial charge in [-0.3, -0.25) is 0 Å². The SMILES string of the molecule is CC[C@@H](Nc1ncccc1C)[C@H](NCCc1ccc(C#N)cc1)c1ccc(C)cc1. The fourth-order valence-electron chi connectivity index (χ4n) is 3.62. The van der Waals surface area contributed by atoms with Crippen molar-refractivity contribution >= 4 is 5.82 Å². The maximum absolute atomic E-state index is 8.98. The van der Waals surface area contributed by atoms with Gasteiger partial charge in [-0.25, -0.2) is 4.98 Å². The van der Waals surface area contributed by atoms with Crippen LogP contribution in [0.3, 0.4) is 0 Å². The second-order valence-corrected chi connectivity index (χ2v) is 7.73. The molecule has 2 N–H and O–H groups in total. The third-order valence-electron chi connectivity index (χ3n) is 5.47. The molecule has 0 saturated carbocycles. The van der Waals surface area contributed by atoms with Crippen LogP contribution in [-0.2, 0) is 6.42 Å². The average molecular weight is 399 g/mol. The van der Waals surface area contributed by atoms with E-state index in [4.69, 9.17) is 5.26 Å². The molecule has 0 spiro atoms. The van der Waals surface area contributed by atoms with Crippen LogP contribution < -0.4 is 10.6 Å². The molecule has 3 aromatic rings. The van der Waals surface area contributed by atoms with Crippen molar-refractivity contribution in [1.82, 2.24) is 10.3 Å². The van der Waals surface area contributed by atoms with E-state index >= 15 is 0 Å². The summed E-state index contributed by atoms with van der Waals surface area (Å²) in [5, 5.41) is 16.4. The van der Waals surface area contributed by atoms with E-state index in [1.165, 1.54) is 16.7 Å². The number of aryl methyl sites for hydroxylation is 2. The van der Waals surface area contributed by atoms with Gasteiger partial charge in [0, 0.05) is 12.2 Å². The maximum Gasteiger partial charge on any atom is 0.129 e. The molecule has 30 heavy (non-hydrogen) atoms. The number of anilines is 1. The highest BCUT2D eigenvalue weighted by Crippen LogP contribution is 2.24. The minimum absolute atomic E-state index is 0.162. The zero-order chi connectivity index (χ0) is 21.3. The number of benzene rings is 2. The van der Waals surface area contributed by atoms with Gasteiger partial charge in [0.1, 0.15) is 5.82 Å². The van der Waals surface area contributed by atoms with Gasteiger partial charge in [-0.05, 0) is 68.1 Å². The van der Waals surface area contributed by atoms with Crippen molar-refractivity contribution in [3.8, 4) is 6.07 Å². The molecule has 0 aliphatic rings. The third kappa shape index (κ3) is 5.68. The highest BCUT2D eigenvalue weighted by molar-refractivity contribution is 5.44.